The van der Waals surface area contributed by atoms with E-state index in [1.807, 2.05) is 22.7 Å². The molecule has 1 aliphatic rings. The molecule has 0 radical (unpaired) electrons. The number of aryl methyl sites for hydroxylation is 3. The first-order chi connectivity index (χ1) is 12.5. The molecule has 0 saturated carbocycles. The number of nitrogens with zero attached hydrogens (tertiary/aromatic N) is 3. The molecule has 0 spiro atoms. The van der Waals surface area contributed by atoms with Crippen LogP contribution in [-0.4, -0.2) is 33.7 Å². The van der Waals surface area contributed by atoms with Crippen LogP contribution in [-0.2, 0) is 7.05 Å². The molecule has 0 bridgehead atoms. The minimum Gasteiger partial charge on any atom is -0.337 e. The van der Waals surface area contributed by atoms with E-state index in [4.69, 9.17) is 0 Å². The van der Waals surface area contributed by atoms with Crippen molar-refractivity contribution >= 4 is 16.8 Å². The number of benzene rings is 2. The Morgan fingerprint density at radius 1 is 1.15 bits per heavy atom. The molecule has 2 heterocycles. The monoisotopic (exact) mass is 347 g/mol. The molecule has 4 nitrogen and oxygen atoms in total. The van der Waals surface area contributed by atoms with E-state index in [2.05, 4.69) is 55.3 Å². The van der Waals surface area contributed by atoms with Crippen molar-refractivity contribution in [1.82, 2.24) is 14.7 Å². The minimum atomic E-state index is 0.0551. The van der Waals surface area contributed by atoms with Gasteiger partial charge in [0.1, 0.15) is 0 Å². The Bertz CT molecular complexity index is 973. The van der Waals surface area contributed by atoms with Crippen molar-refractivity contribution < 1.29 is 4.79 Å². The first kappa shape index (κ1) is 16.8. The number of piperidine rings is 1. The number of hydrogen-bond acceptors (Lipinski definition) is 2. The summed E-state index contributed by atoms with van der Waals surface area (Å²) < 4.78 is 1.81. The number of rotatable bonds is 2. The average Bonchev–Trinajstić information content (AvgIpc) is 2.97. The van der Waals surface area contributed by atoms with Crippen molar-refractivity contribution in [3.63, 3.8) is 0 Å². The molecule has 1 fully saturated rings. The first-order valence-corrected chi connectivity index (χ1v) is 9.33. The van der Waals surface area contributed by atoms with Gasteiger partial charge in [0.25, 0.3) is 5.91 Å². The average molecular weight is 347 g/mol. The van der Waals surface area contributed by atoms with E-state index >= 15 is 0 Å². The molecule has 134 valence electrons. The number of fused-ring (bicyclic) bond motifs is 1. The first-order valence-electron chi connectivity index (χ1n) is 9.33. The van der Waals surface area contributed by atoms with Crippen molar-refractivity contribution in [2.45, 2.75) is 32.6 Å². The zero-order chi connectivity index (χ0) is 18.3. The van der Waals surface area contributed by atoms with Gasteiger partial charge in [-0.1, -0.05) is 35.9 Å². The molecule has 4 rings (SSSR count). The van der Waals surface area contributed by atoms with Crippen LogP contribution in [0, 0.1) is 13.8 Å². The van der Waals surface area contributed by atoms with Crippen LogP contribution >= 0.6 is 0 Å². The van der Waals surface area contributed by atoms with Gasteiger partial charge in [0, 0.05) is 31.4 Å². The van der Waals surface area contributed by atoms with Crippen LogP contribution in [0.15, 0.2) is 42.5 Å². The summed E-state index contributed by atoms with van der Waals surface area (Å²) in [7, 11) is 1.90. The van der Waals surface area contributed by atoms with Crippen molar-refractivity contribution in [2.75, 3.05) is 13.1 Å². The van der Waals surface area contributed by atoms with Crippen LogP contribution in [0.5, 0.6) is 0 Å². The second kappa shape index (κ2) is 6.60. The molecule has 1 amide bonds. The van der Waals surface area contributed by atoms with Gasteiger partial charge in [0.2, 0.25) is 0 Å². The Balaban J connectivity index is 1.64. The summed E-state index contributed by atoms with van der Waals surface area (Å²) in [6, 6.07) is 14.7. The maximum atomic E-state index is 13.3. The largest absolute Gasteiger partial charge is 0.337 e. The van der Waals surface area contributed by atoms with Gasteiger partial charge >= 0.3 is 0 Å². The van der Waals surface area contributed by atoms with Gasteiger partial charge in [0.15, 0.2) is 5.69 Å². The molecule has 1 aromatic heterocycles. The van der Waals surface area contributed by atoms with E-state index in [1.165, 1.54) is 11.1 Å². The highest BCUT2D eigenvalue weighted by molar-refractivity contribution is 6.05. The van der Waals surface area contributed by atoms with Gasteiger partial charge in [-0.15, -0.1) is 0 Å². The topological polar surface area (TPSA) is 38.1 Å². The summed E-state index contributed by atoms with van der Waals surface area (Å²) in [5.41, 5.74) is 5.41. The second-order valence-electron chi connectivity index (χ2n) is 7.44. The van der Waals surface area contributed by atoms with Crippen LogP contribution in [0.3, 0.4) is 0 Å². The highest BCUT2D eigenvalue weighted by Crippen LogP contribution is 2.30. The molecule has 3 aromatic rings. The van der Waals surface area contributed by atoms with Gasteiger partial charge in [-0.2, -0.15) is 5.10 Å². The Kier molecular flexibility index (Phi) is 4.27. The lowest BCUT2D eigenvalue weighted by Gasteiger charge is -2.33. The van der Waals surface area contributed by atoms with E-state index in [1.54, 1.807) is 0 Å². The smallest absolute Gasteiger partial charge is 0.275 e. The highest BCUT2D eigenvalue weighted by Gasteiger charge is 2.28. The molecule has 4 heteroatoms. The normalized spacial score (nSPS) is 17.7. The molecule has 26 heavy (non-hydrogen) atoms. The highest BCUT2D eigenvalue weighted by atomic mass is 16.2. The maximum Gasteiger partial charge on any atom is 0.275 e. The predicted octanol–water partition coefficient (Wildman–Crippen LogP) is 4.21. The number of hydrogen-bond donors (Lipinski definition) is 0. The van der Waals surface area contributed by atoms with Crippen molar-refractivity contribution in [3.8, 4) is 0 Å². The lowest BCUT2D eigenvalue weighted by molar-refractivity contribution is 0.0702. The van der Waals surface area contributed by atoms with Gasteiger partial charge in [-0.05, 0) is 49.9 Å². The van der Waals surface area contributed by atoms with E-state index in [0.717, 1.165) is 42.4 Å². The fourth-order valence-corrected chi connectivity index (χ4v) is 4.15. The summed E-state index contributed by atoms with van der Waals surface area (Å²) in [4.78, 5) is 15.2. The van der Waals surface area contributed by atoms with E-state index in [0.29, 0.717) is 11.6 Å². The number of likely N-dealkylation sites (tertiary alicyclic amines) is 1. The summed E-state index contributed by atoms with van der Waals surface area (Å²) in [6.45, 7) is 5.79. The molecular weight excluding hydrogens is 322 g/mol. The van der Waals surface area contributed by atoms with E-state index < -0.39 is 0 Å². The fraction of sp³-hybridized carbons (Fsp3) is 0.364. The predicted molar refractivity (Wildman–Crippen MR) is 105 cm³/mol. The summed E-state index contributed by atoms with van der Waals surface area (Å²) in [5, 5.41) is 5.50. The lowest BCUT2D eigenvalue weighted by atomic mass is 9.88. The van der Waals surface area contributed by atoms with Gasteiger partial charge in [0.05, 0.1) is 5.52 Å². The third kappa shape index (κ3) is 2.90. The quantitative estimate of drug-likeness (QED) is 0.696. The minimum absolute atomic E-state index is 0.0551. The Morgan fingerprint density at radius 3 is 2.77 bits per heavy atom. The third-order valence-corrected chi connectivity index (χ3v) is 5.55. The third-order valence-electron chi connectivity index (χ3n) is 5.55. The summed E-state index contributed by atoms with van der Waals surface area (Å²) in [5.74, 6) is 0.463. The van der Waals surface area contributed by atoms with Crippen LogP contribution in [0.25, 0.3) is 10.9 Å². The number of carbonyl (C=O) groups excluding carboxylic acids is 1. The molecule has 1 unspecified atom stereocenters. The number of aromatic nitrogens is 2. The zero-order valence-corrected chi connectivity index (χ0v) is 15.7. The van der Waals surface area contributed by atoms with Gasteiger partial charge < -0.3 is 4.90 Å². The van der Waals surface area contributed by atoms with Crippen molar-refractivity contribution in [3.05, 3.63) is 64.8 Å². The van der Waals surface area contributed by atoms with E-state index in [-0.39, 0.29) is 5.91 Å². The summed E-state index contributed by atoms with van der Waals surface area (Å²) >= 11 is 0. The van der Waals surface area contributed by atoms with Crippen LogP contribution in [0.4, 0.5) is 0 Å². The summed E-state index contributed by atoms with van der Waals surface area (Å²) in [6.07, 6.45) is 2.17. The van der Waals surface area contributed by atoms with E-state index in [9.17, 15) is 4.79 Å². The van der Waals surface area contributed by atoms with Crippen LogP contribution in [0.2, 0.25) is 0 Å². The molecular formula is C22H25N3O. The molecule has 1 aliphatic heterocycles. The second-order valence-corrected chi connectivity index (χ2v) is 7.44. The van der Waals surface area contributed by atoms with Crippen LogP contribution in [0.1, 0.15) is 45.9 Å². The fourth-order valence-electron chi connectivity index (χ4n) is 4.15. The maximum absolute atomic E-state index is 13.3. The van der Waals surface area contributed by atoms with Crippen molar-refractivity contribution in [2.24, 2.45) is 7.05 Å². The Morgan fingerprint density at radius 2 is 1.96 bits per heavy atom. The van der Waals surface area contributed by atoms with Crippen LogP contribution < -0.4 is 0 Å². The molecule has 1 atom stereocenters. The molecule has 0 aliphatic carbocycles. The molecule has 2 aromatic carbocycles. The Labute approximate surface area is 154 Å². The standard InChI is InChI=1S/C22H25N3O/c1-15-10-11-20-19(13-15)21(23-24(20)3)22(26)25-12-6-8-17(14-25)18-9-5-4-7-16(18)2/h4-5,7,9-11,13,17H,6,8,12,14H2,1-3H3. The number of carbonyl (C=O) groups is 1. The molecule has 1 saturated heterocycles. The van der Waals surface area contributed by atoms with Gasteiger partial charge in [-0.25, -0.2) is 0 Å². The zero-order valence-electron chi connectivity index (χ0n) is 15.7. The van der Waals surface area contributed by atoms with Crippen molar-refractivity contribution in [1.29, 1.82) is 0 Å². The molecule has 0 N–H and O–H groups in total. The SMILES string of the molecule is Cc1ccc2c(c1)c(C(=O)N1CCCC(c3ccccc3C)C1)nn2C. The number of amides is 1. The lowest BCUT2D eigenvalue weighted by Crippen LogP contribution is -2.39. The Hall–Kier alpha value is -2.62. The van der Waals surface area contributed by atoms with Gasteiger partial charge in [-0.3, -0.25) is 9.48 Å².